The van der Waals surface area contributed by atoms with Crippen molar-refractivity contribution in [1.29, 1.82) is 0 Å². The largest absolute Gasteiger partial charge is 2.00 e. The molecule has 0 rings (SSSR count). The summed E-state index contributed by atoms with van der Waals surface area (Å²) in [4.78, 5) is 0. The third-order valence-electron chi connectivity index (χ3n) is 0. The van der Waals surface area contributed by atoms with E-state index in [1.54, 1.807) is 0 Å². The summed E-state index contributed by atoms with van der Waals surface area (Å²) in [5, 5.41) is 0. The van der Waals surface area contributed by atoms with Crippen molar-refractivity contribution >= 4 is 10.4 Å². The molecule has 9 heteroatoms. The Morgan fingerprint density at radius 2 is 0.889 bits per heavy atom. The third-order valence-corrected chi connectivity index (χ3v) is 0. The Labute approximate surface area is 71.7 Å². The summed E-state index contributed by atoms with van der Waals surface area (Å²) in [5.41, 5.74) is 0. The van der Waals surface area contributed by atoms with Gasteiger partial charge in [0.1, 0.15) is 0 Å². The Morgan fingerprint density at radius 1 is 0.889 bits per heavy atom. The molecule has 0 radical (unpaired) electrons. The molecular formula is H6CdO7S. The van der Waals surface area contributed by atoms with Gasteiger partial charge in [-0.25, -0.2) is 0 Å². The van der Waals surface area contributed by atoms with Crippen LogP contribution in [0.2, 0.25) is 0 Å². The molecule has 0 aliphatic heterocycles. The minimum atomic E-state index is -5.17. The second-order valence-corrected chi connectivity index (χ2v) is 1.22. The first-order valence-corrected chi connectivity index (χ1v) is 2.00. The average Bonchev–Trinajstić information content (AvgIpc) is 0.722. The summed E-state index contributed by atoms with van der Waals surface area (Å²) in [6, 6.07) is 0. The van der Waals surface area contributed by atoms with Gasteiger partial charge in [0.05, 0.1) is 0 Å². The van der Waals surface area contributed by atoms with Crippen LogP contribution in [0, 0.1) is 0 Å². The van der Waals surface area contributed by atoms with Crippen LogP contribution in [-0.2, 0) is 37.7 Å². The zero-order chi connectivity index (χ0) is 4.50. The fraction of sp³-hybridized carbons (Fsp3) is 0. The van der Waals surface area contributed by atoms with E-state index in [4.69, 9.17) is 17.5 Å². The average molecular weight is 263 g/mol. The van der Waals surface area contributed by atoms with Crippen molar-refractivity contribution in [2.24, 2.45) is 0 Å². The van der Waals surface area contributed by atoms with E-state index in [0.29, 0.717) is 0 Å². The van der Waals surface area contributed by atoms with Crippen molar-refractivity contribution in [3.05, 3.63) is 0 Å². The molecule has 6 N–H and O–H groups in total. The van der Waals surface area contributed by atoms with E-state index in [2.05, 4.69) is 0 Å². The van der Waals surface area contributed by atoms with Crippen LogP contribution in [0.1, 0.15) is 0 Å². The van der Waals surface area contributed by atoms with Gasteiger partial charge in [-0.2, -0.15) is 0 Å². The summed E-state index contributed by atoms with van der Waals surface area (Å²) in [6.07, 6.45) is 0. The van der Waals surface area contributed by atoms with Gasteiger partial charge in [0.15, 0.2) is 0 Å². The van der Waals surface area contributed by atoms with Gasteiger partial charge in [-0.3, -0.25) is 8.42 Å². The van der Waals surface area contributed by atoms with Crippen LogP contribution < -0.4 is 0 Å². The molecule has 0 bridgehead atoms. The van der Waals surface area contributed by atoms with Crippen molar-refractivity contribution in [3.63, 3.8) is 0 Å². The molecule has 0 saturated carbocycles. The smallest absolute Gasteiger partial charge is 0.759 e. The van der Waals surface area contributed by atoms with Crippen molar-refractivity contribution in [1.82, 2.24) is 0 Å². The SMILES string of the molecule is O.O.O.O=S(=O)([O-])[O-].[Cd+2]. The van der Waals surface area contributed by atoms with E-state index < -0.39 is 10.4 Å². The number of rotatable bonds is 0. The molecule has 0 heterocycles. The monoisotopic (exact) mass is 264 g/mol. The van der Waals surface area contributed by atoms with E-state index in [0.717, 1.165) is 0 Å². The topological polar surface area (TPSA) is 175 Å². The Hall–Kier alpha value is 0.672. The van der Waals surface area contributed by atoms with E-state index in [-0.39, 0.29) is 43.7 Å². The Bertz CT molecular complexity index is 92.1. The van der Waals surface area contributed by atoms with Crippen LogP contribution in [0.3, 0.4) is 0 Å². The predicted octanol–water partition coefficient (Wildman–Crippen LogP) is -3.81. The number of hydrogen-bond acceptors (Lipinski definition) is 4. The maximum absolute atomic E-state index is 8.52. The summed E-state index contributed by atoms with van der Waals surface area (Å²) in [7, 11) is -5.17. The quantitative estimate of drug-likeness (QED) is 0.247. The van der Waals surface area contributed by atoms with Crippen LogP contribution in [0.4, 0.5) is 0 Å². The third kappa shape index (κ3) is 855. The molecule has 0 amide bonds. The molecule has 56 valence electrons. The van der Waals surface area contributed by atoms with Gasteiger partial charge in [0, 0.05) is 10.4 Å². The first kappa shape index (κ1) is 33.3. The van der Waals surface area contributed by atoms with Crippen LogP contribution in [0.15, 0.2) is 0 Å². The predicted molar refractivity (Wildman–Crippen MR) is 21.3 cm³/mol. The molecule has 0 saturated heterocycles. The molecule has 9 heavy (non-hydrogen) atoms. The van der Waals surface area contributed by atoms with Gasteiger partial charge in [0.25, 0.3) is 0 Å². The Morgan fingerprint density at radius 3 is 0.889 bits per heavy atom. The molecule has 0 spiro atoms. The standard InChI is InChI=1S/Cd.H2O4S.3H2O/c;1-5(2,3)4;;;/h;(H2,1,2,3,4);3*1H2/q+2;;;;/p-2. The maximum Gasteiger partial charge on any atom is 2.00 e. The molecule has 0 aromatic heterocycles. The molecule has 7 nitrogen and oxygen atoms in total. The minimum absolute atomic E-state index is 0. The second-order valence-electron chi connectivity index (χ2n) is 0.408. The Balaban J connectivity index is -0.0000000133. The fourth-order valence-corrected chi connectivity index (χ4v) is 0. The molecule has 0 aliphatic rings. The first-order chi connectivity index (χ1) is 2.00. The second kappa shape index (κ2) is 11.5. The normalized spacial score (nSPS) is 6.44. The van der Waals surface area contributed by atoms with Crippen LogP contribution in [0.5, 0.6) is 0 Å². The zero-order valence-electron chi connectivity index (χ0n) is 4.25. The molecule has 0 atom stereocenters. The maximum atomic E-state index is 8.52. The zero-order valence-corrected chi connectivity index (χ0v) is 9.10. The van der Waals surface area contributed by atoms with Crippen LogP contribution in [0.25, 0.3) is 0 Å². The van der Waals surface area contributed by atoms with Gasteiger partial charge in [-0.05, 0) is 0 Å². The van der Waals surface area contributed by atoms with Gasteiger partial charge in [-0.15, -0.1) is 0 Å². The van der Waals surface area contributed by atoms with Crippen molar-refractivity contribution in [3.8, 4) is 0 Å². The molecule has 0 aromatic carbocycles. The van der Waals surface area contributed by atoms with Gasteiger partial charge < -0.3 is 25.5 Å². The summed E-state index contributed by atoms with van der Waals surface area (Å²) in [6.45, 7) is 0. The summed E-state index contributed by atoms with van der Waals surface area (Å²) >= 11 is 0. The van der Waals surface area contributed by atoms with E-state index in [9.17, 15) is 0 Å². The Kier molecular flexibility index (Phi) is 42.5. The van der Waals surface area contributed by atoms with Crippen molar-refractivity contribution in [2.75, 3.05) is 0 Å². The summed E-state index contributed by atoms with van der Waals surface area (Å²) < 4.78 is 34.1. The van der Waals surface area contributed by atoms with Crippen LogP contribution in [-0.4, -0.2) is 34.0 Å². The fourth-order valence-electron chi connectivity index (χ4n) is 0. The van der Waals surface area contributed by atoms with Gasteiger partial charge >= 0.3 is 27.3 Å². The molecule has 0 aromatic rings. The molecular weight excluding hydrogens is 256 g/mol. The van der Waals surface area contributed by atoms with Gasteiger partial charge in [-0.1, -0.05) is 0 Å². The minimum Gasteiger partial charge on any atom is -0.759 e. The summed E-state index contributed by atoms with van der Waals surface area (Å²) in [5.74, 6) is 0. The molecule has 0 fully saturated rings. The van der Waals surface area contributed by atoms with Gasteiger partial charge in [0.2, 0.25) is 0 Å². The van der Waals surface area contributed by atoms with E-state index in [1.165, 1.54) is 0 Å². The van der Waals surface area contributed by atoms with Crippen molar-refractivity contribution < 1.29 is 61.3 Å². The van der Waals surface area contributed by atoms with Crippen molar-refractivity contribution in [2.45, 2.75) is 0 Å². The molecule has 0 unspecified atom stereocenters. The van der Waals surface area contributed by atoms with Crippen LogP contribution >= 0.6 is 0 Å². The van der Waals surface area contributed by atoms with E-state index >= 15 is 0 Å². The molecule has 0 aliphatic carbocycles. The number of hydrogen-bond donors (Lipinski definition) is 0. The first-order valence-electron chi connectivity index (χ1n) is 0.667. The van der Waals surface area contributed by atoms with E-state index in [1.807, 2.05) is 0 Å².